The number of nitrogens with zero attached hydrogens (tertiary/aromatic N) is 3. The molecule has 1 amide bonds. The number of carbonyl (C=O) groups is 1. The first-order valence-electron chi connectivity index (χ1n) is 5.18. The minimum Gasteiger partial charge on any atom is -0.346 e. The van der Waals surface area contributed by atoms with E-state index in [0.717, 1.165) is 12.8 Å². The molecule has 1 rings (SSSR count). The fraction of sp³-hybridized carbons (Fsp3) is 0.778. The quantitative estimate of drug-likeness (QED) is 0.755. The third kappa shape index (κ3) is 3.30. The summed E-state index contributed by atoms with van der Waals surface area (Å²) in [5.74, 6) is 0.575. The molecular formula is C9H17N5O. The Morgan fingerprint density at radius 2 is 2.27 bits per heavy atom. The molecular weight excluding hydrogens is 194 g/mol. The van der Waals surface area contributed by atoms with Gasteiger partial charge in [-0.2, -0.15) is 5.21 Å². The minimum atomic E-state index is -0.199. The molecule has 0 saturated heterocycles. The molecule has 0 bridgehead atoms. The topological polar surface area (TPSA) is 83.6 Å². The van der Waals surface area contributed by atoms with Gasteiger partial charge in [-0.25, -0.2) is 0 Å². The molecule has 0 aliphatic rings. The number of aromatic amines is 1. The number of aromatic nitrogens is 4. The van der Waals surface area contributed by atoms with Crippen molar-refractivity contribution in [2.45, 2.75) is 39.7 Å². The van der Waals surface area contributed by atoms with Crippen LogP contribution in [0.15, 0.2) is 0 Å². The molecule has 6 heteroatoms. The molecule has 2 atom stereocenters. The summed E-state index contributed by atoms with van der Waals surface area (Å²) in [5.41, 5.74) is 0. The van der Waals surface area contributed by atoms with E-state index in [-0.39, 0.29) is 17.9 Å². The predicted molar refractivity (Wildman–Crippen MR) is 54.8 cm³/mol. The van der Waals surface area contributed by atoms with Crippen LogP contribution < -0.4 is 5.32 Å². The van der Waals surface area contributed by atoms with Crippen molar-refractivity contribution in [3.8, 4) is 0 Å². The van der Waals surface area contributed by atoms with E-state index in [2.05, 4.69) is 32.9 Å². The van der Waals surface area contributed by atoms with Gasteiger partial charge in [-0.05, 0) is 13.3 Å². The van der Waals surface area contributed by atoms with Crippen molar-refractivity contribution in [3.05, 3.63) is 5.82 Å². The van der Waals surface area contributed by atoms with Crippen molar-refractivity contribution in [1.29, 1.82) is 0 Å². The number of carbonyl (C=O) groups excluding carboxylic acids is 1. The molecule has 1 aromatic rings. The van der Waals surface area contributed by atoms with Crippen LogP contribution in [0.1, 0.15) is 45.5 Å². The third-order valence-corrected chi connectivity index (χ3v) is 2.28. The SMILES string of the molecule is CCCC(C)C(=O)NC(C)c1nn[nH]n1. The van der Waals surface area contributed by atoms with Crippen LogP contribution in [0.4, 0.5) is 0 Å². The molecule has 0 aliphatic carbocycles. The van der Waals surface area contributed by atoms with E-state index in [0.29, 0.717) is 5.82 Å². The predicted octanol–water partition coefficient (Wildman–Crippen LogP) is 0.813. The largest absolute Gasteiger partial charge is 0.346 e. The highest BCUT2D eigenvalue weighted by Gasteiger charge is 2.17. The van der Waals surface area contributed by atoms with Gasteiger partial charge in [-0.1, -0.05) is 25.5 Å². The van der Waals surface area contributed by atoms with Gasteiger partial charge in [0.05, 0.1) is 6.04 Å². The molecule has 6 nitrogen and oxygen atoms in total. The summed E-state index contributed by atoms with van der Waals surface area (Å²) in [4.78, 5) is 11.6. The first-order valence-corrected chi connectivity index (χ1v) is 5.18. The second-order valence-corrected chi connectivity index (χ2v) is 3.69. The number of hydrogen-bond acceptors (Lipinski definition) is 4. The number of rotatable bonds is 5. The van der Waals surface area contributed by atoms with Crippen LogP contribution in [0, 0.1) is 5.92 Å². The molecule has 1 aromatic heterocycles. The molecule has 0 spiro atoms. The van der Waals surface area contributed by atoms with Gasteiger partial charge in [-0.3, -0.25) is 4.79 Å². The van der Waals surface area contributed by atoms with E-state index in [1.807, 2.05) is 13.8 Å². The summed E-state index contributed by atoms with van der Waals surface area (Å²) in [6.45, 7) is 5.82. The normalized spacial score (nSPS) is 14.6. The number of tetrazole rings is 1. The van der Waals surface area contributed by atoms with Gasteiger partial charge in [0.15, 0.2) is 5.82 Å². The van der Waals surface area contributed by atoms with Crippen LogP contribution >= 0.6 is 0 Å². The van der Waals surface area contributed by atoms with Gasteiger partial charge in [0.1, 0.15) is 0 Å². The van der Waals surface area contributed by atoms with Gasteiger partial charge in [-0.15, -0.1) is 10.2 Å². The first-order chi connectivity index (χ1) is 7.15. The lowest BCUT2D eigenvalue weighted by Crippen LogP contribution is -2.32. The Morgan fingerprint density at radius 1 is 1.53 bits per heavy atom. The Balaban J connectivity index is 2.44. The molecule has 15 heavy (non-hydrogen) atoms. The standard InChI is InChI=1S/C9H17N5O/c1-4-5-6(2)9(15)10-7(3)8-11-13-14-12-8/h6-7H,4-5H2,1-3H3,(H,10,15)(H,11,12,13,14). The Hall–Kier alpha value is -1.46. The van der Waals surface area contributed by atoms with E-state index in [1.165, 1.54) is 0 Å². The maximum atomic E-state index is 11.6. The van der Waals surface area contributed by atoms with Crippen molar-refractivity contribution in [3.63, 3.8) is 0 Å². The molecule has 0 fully saturated rings. The second kappa shape index (κ2) is 5.43. The molecule has 84 valence electrons. The summed E-state index contributed by atoms with van der Waals surface area (Å²) in [7, 11) is 0. The molecule has 2 unspecified atom stereocenters. The van der Waals surface area contributed by atoms with E-state index in [4.69, 9.17) is 0 Å². The Labute approximate surface area is 88.8 Å². The molecule has 0 saturated carbocycles. The van der Waals surface area contributed by atoms with E-state index >= 15 is 0 Å². The highest BCUT2D eigenvalue weighted by Crippen LogP contribution is 2.09. The Morgan fingerprint density at radius 3 is 2.80 bits per heavy atom. The van der Waals surface area contributed by atoms with Gasteiger partial charge < -0.3 is 5.32 Å². The van der Waals surface area contributed by atoms with Gasteiger partial charge >= 0.3 is 0 Å². The van der Waals surface area contributed by atoms with Crippen LogP contribution in [0.2, 0.25) is 0 Å². The fourth-order valence-corrected chi connectivity index (χ4v) is 1.34. The lowest BCUT2D eigenvalue weighted by molar-refractivity contribution is -0.125. The maximum absolute atomic E-state index is 11.6. The molecule has 2 N–H and O–H groups in total. The number of amides is 1. The highest BCUT2D eigenvalue weighted by molar-refractivity contribution is 5.78. The summed E-state index contributed by atoms with van der Waals surface area (Å²) in [5, 5.41) is 16.3. The van der Waals surface area contributed by atoms with Crippen LogP contribution in [0.25, 0.3) is 0 Å². The van der Waals surface area contributed by atoms with Crippen LogP contribution in [0.3, 0.4) is 0 Å². The summed E-state index contributed by atoms with van der Waals surface area (Å²) in [6, 6.07) is -0.199. The van der Waals surface area contributed by atoms with Crippen molar-refractivity contribution < 1.29 is 4.79 Å². The van der Waals surface area contributed by atoms with Gasteiger partial charge in [0.25, 0.3) is 0 Å². The van der Waals surface area contributed by atoms with Gasteiger partial charge in [0, 0.05) is 5.92 Å². The van der Waals surface area contributed by atoms with E-state index in [9.17, 15) is 4.79 Å². The average molecular weight is 211 g/mol. The summed E-state index contributed by atoms with van der Waals surface area (Å²) in [6.07, 6.45) is 1.90. The molecule has 0 aliphatic heterocycles. The Bertz CT molecular complexity index is 297. The molecule has 0 aromatic carbocycles. The lowest BCUT2D eigenvalue weighted by atomic mass is 10.1. The van der Waals surface area contributed by atoms with Crippen LogP contribution in [0.5, 0.6) is 0 Å². The zero-order chi connectivity index (χ0) is 11.3. The average Bonchev–Trinajstić information content (AvgIpc) is 2.70. The summed E-state index contributed by atoms with van der Waals surface area (Å²) < 4.78 is 0. The van der Waals surface area contributed by atoms with Crippen molar-refractivity contribution in [2.75, 3.05) is 0 Å². The fourth-order valence-electron chi connectivity index (χ4n) is 1.34. The van der Waals surface area contributed by atoms with Gasteiger partial charge in [0.2, 0.25) is 5.91 Å². The zero-order valence-corrected chi connectivity index (χ0v) is 9.32. The van der Waals surface area contributed by atoms with Crippen molar-refractivity contribution >= 4 is 5.91 Å². The first kappa shape index (κ1) is 11.6. The maximum Gasteiger partial charge on any atom is 0.223 e. The number of H-pyrrole nitrogens is 1. The smallest absolute Gasteiger partial charge is 0.223 e. The minimum absolute atomic E-state index is 0.0318. The monoisotopic (exact) mass is 211 g/mol. The van der Waals surface area contributed by atoms with E-state index in [1.54, 1.807) is 0 Å². The van der Waals surface area contributed by atoms with Crippen LogP contribution in [-0.2, 0) is 4.79 Å². The highest BCUT2D eigenvalue weighted by atomic mass is 16.1. The second-order valence-electron chi connectivity index (χ2n) is 3.69. The lowest BCUT2D eigenvalue weighted by Gasteiger charge is -2.14. The van der Waals surface area contributed by atoms with Crippen LogP contribution in [-0.4, -0.2) is 26.5 Å². The zero-order valence-electron chi connectivity index (χ0n) is 9.32. The third-order valence-electron chi connectivity index (χ3n) is 2.28. The van der Waals surface area contributed by atoms with E-state index < -0.39 is 0 Å². The van der Waals surface area contributed by atoms with Crippen molar-refractivity contribution in [1.82, 2.24) is 25.9 Å². The summed E-state index contributed by atoms with van der Waals surface area (Å²) >= 11 is 0. The number of nitrogens with one attached hydrogen (secondary N) is 2. The Kier molecular flexibility index (Phi) is 4.20. The number of hydrogen-bond donors (Lipinski definition) is 2. The molecule has 0 radical (unpaired) electrons. The molecule has 1 heterocycles. The van der Waals surface area contributed by atoms with Crippen molar-refractivity contribution in [2.24, 2.45) is 5.92 Å².